The smallest absolute Gasteiger partial charge is 0.134 e. The summed E-state index contributed by atoms with van der Waals surface area (Å²) in [6.07, 6.45) is 0. The van der Waals surface area contributed by atoms with E-state index in [1.807, 2.05) is 37.2 Å². The third-order valence-corrected chi connectivity index (χ3v) is 3.37. The van der Waals surface area contributed by atoms with Crippen molar-refractivity contribution in [1.29, 1.82) is 5.26 Å². The van der Waals surface area contributed by atoms with Crippen LogP contribution in [0.15, 0.2) is 24.3 Å². The monoisotopic (exact) mass is 259 g/mol. The van der Waals surface area contributed by atoms with Crippen molar-refractivity contribution in [2.45, 2.75) is 6.54 Å². The molecule has 92 valence electrons. The maximum atomic E-state index is 8.88. The quantitative estimate of drug-likeness (QED) is 0.910. The van der Waals surface area contributed by atoms with Crippen molar-refractivity contribution in [2.24, 2.45) is 0 Å². The zero-order valence-electron chi connectivity index (χ0n) is 10.2. The van der Waals surface area contributed by atoms with Gasteiger partial charge in [0.2, 0.25) is 0 Å². The van der Waals surface area contributed by atoms with Crippen molar-refractivity contribution in [3.05, 3.63) is 35.5 Å². The topological polar surface area (TPSA) is 64.8 Å². The van der Waals surface area contributed by atoms with Gasteiger partial charge in [0.25, 0.3) is 0 Å². The zero-order chi connectivity index (χ0) is 13.0. The molecule has 0 saturated carbocycles. The average molecular weight is 259 g/mol. The molecule has 0 aliphatic rings. The van der Waals surface area contributed by atoms with Crippen LogP contribution in [0.3, 0.4) is 0 Å². The number of hydrogen-bond acceptors (Lipinski definition) is 6. The van der Waals surface area contributed by atoms with Crippen LogP contribution in [0.5, 0.6) is 0 Å². The fourth-order valence-electron chi connectivity index (χ4n) is 1.63. The van der Waals surface area contributed by atoms with E-state index in [2.05, 4.69) is 21.0 Å². The Morgan fingerprint density at radius 3 is 3.06 bits per heavy atom. The number of hydrogen-bond donors (Lipinski definition) is 1. The first-order chi connectivity index (χ1) is 8.74. The molecule has 0 radical (unpaired) electrons. The second-order valence-corrected chi connectivity index (χ2v) is 4.57. The molecule has 1 N–H and O–H groups in total. The first kappa shape index (κ1) is 12.3. The fraction of sp³-hybridized carbons (Fsp3) is 0.250. The van der Waals surface area contributed by atoms with Crippen LogP contribution in [0, 0.1) is 11.3 Å². The Morgan fingerprint density at radius 1 is 1.50 bits per heavy atom. The van der Waals surface area contributed by atoms with Gasteiger partial charge in [-0.25, -0.2) is 0 Å². The van der Waals surface area contributed by atoms with Gasteiger partial charge in [0.15, 0.2) is 0 Å². The van der Waals surface area contributed by atoms with E-state index in [0.717, 1.165) is 16.4 Å². The molecule has 0 aliphatic carbocycles. The minimum atomic E-state index is 0.654. The number of nitrogens with zero attached hydrogens (tertiary/aromatic N) is 4. The molecule has 18 heavy (non-hydrogen) atoms. The van der Waals surface area contributed by atoms with Gasteiger partial charge in [0.05, 0.1) is 18.2 Å². The third kappa shape index (κ3) is 2.57. The number of nitrogens with one attached hydrogen (secondary N) is 1. The van der Waals surface area contributed by atoms with Crippen LogP contribution >= 0.6 is 11.5 Å². The standard InChI is InChI=1S/C12H13N5S/c1-14-12-11(15-16-18-12)8-17(2)10-5-3-4-9(6-10)7-13/h3-6,14H,8H2,1-2H3. The normalized spacial score (nSPS) is 9.83. The maximum absolute atomic E-state index is 8.88. The van der Waals surface area contributed by atoms with Crippen LogP contribution in [0.2, 0.25) is 0 Å². The van der Waals surface area contributed by atoms with Crippen molar-refractivity contribution in [1.82, 2.24) is 9.59 Å². The van der Waals surface area contributed by atoms with E-state index in [-0.39, 0.29) is 0 Å². The van der Waals surface area contributed by atoms with Gasteiger partial charge in [-0.1, -0.05) is 10.6 Å². The van der Waals surface area contributed by atoms with E-state index in [4.69, 9.17) is 5.26 Å². The Morgan fingerprint density at radius 2 is 2.33 bits per heavy atom. The van der Waals surface area contributed by atoms with Crippen LogP contribution in [0.4, 0.5) is 10.7 Å². The molecule has 1 aromatic carbocycles. The molecule has 0 aliphatic heterocycles. The third-order valence-electron chi connectivity index (χ3n) is 2.59. The summed E-state index contributed by atoms with van der Waals surface area (Å²) < 4.78 is 3.92. The van der Waals surface area contributed by atoms with Crippen molar-refractivity contribution >= 4 is 22.2 Å². The lowest BCUT2D eigenvalue weighted by Gasteiger charge is -2.18. The summed E-state index contributed by atoms with van der Waals surface area (Å²) >= 11 is 1.34. The van der Waals surface area contributed by atoms with Crippen LogP contribution < -0.4 is 10.2 Å². The van der Waals surface area contributed by atoms with Gasteiger partial charge in [-0.3, -0.25) is 0 Å². The lowest BCUT2D eigenvalue weighted by molar-refractivity contribution is 0.873. The van der Waals surface area contributed by atoms with Crippen molar-refractivity contribution in [3.8, 4) is 6.07 Å². The molecular weight excluding hydrogens is 246 g/mol. The molecule has 6 heteroatoms. The lowest BCUT2D eigenvalue weighted by Crippen LogP contribution is -2.17. The summed E-state index contributed by atoms with van der Waals surface area (Å²) in [5, 5.41) is 17.0. The van der Waals surface area contributed by atoms with Gasteiger partial charge in [-0.15, -0.1) is 5.10 Å². The summed E-state index contributed by atoms with van der Waals surface area (Å²) in [6, 6.07) is 9.64. The highest BCUT2D eigenvalue weighted by atomic mass is 32.1. The summed E-state index contributed by atoms with van der Waals surface area (Å²) in [6.45, 7) is 0.654. The van der Waals surface area contributed by atoms with Gasteiger partial charge >= 0.3 is 0 Å². The predicted molar refractivity (Wildman–Crippen MR) is 72.7 cm³/mol. The van der Waals surface area contributed by atoms with Gasteiger partial charge in [-0.05, 0) is 18.2 Å². The number of nitriles is 1. The highest BCUT2D eigenvalue weighted by Crippen LogP contribution is 2.21. The van der Waals surface area contributed by atoms with Crippen LogP contribution in [0.25, 0.3) is 0 Å². The Kier molecular flexibility index (Phi) is 3.75. The van der Waals surface area contributed by atoms with E-state index in [0.29, 0.717) is 12.1 Å². The minimum absolute atomic E-state index is 0.654. The lowest BCUT2D eigenvalue weighted by atomic mass is 10.2. The largest absolute Gasteiger partial charge is 0.377 e. The summed E-state index contributed by atoms with van der Waals surface area (Å²) in [5.74, 6) is 0. The van der Waals surface area contributed by atoms with Crippen LogP contribution in [0.1, 0.15) is 11.3 Å². The first-order valence-electron chi connectivity index (χ1n) is 5.45. The number of benzene rings is 1. The molecule has 0 bridgehead atoms. The van der Waals surface area contributed by atoms with E-state index >= 15 is 0 Å². The highest BCUT2D eigenvalue weighted by Gasteiger charge is 2.10. The summed E-state index contributed by atoms with van der Waals surface area (Å²) in [7, 11) is 3.82. The van der Waals surface area contributed by atoms with E-state index in [1.165, 1.54) is 11.5 Å². The molecule has 5 nitrogen and oxygen atoms in total. The van der Waals surface area contributed by atoms with Gasteiger partial charge in [-0.2, -0.15) is 5.26 Å². The SMILES string of the molecule is CNc1snnc1CN(C)c1cccc(C#N)c1. The molecule has 1 aromatic heterocycles. The molecule has 0 fully saturated rings. The predicted octanol–water partition coefficient (Wildman–Crippen LogP) is 2.09. The second-order valence-electron chi connectivity index (χ2n) is 3.82. The van der Waals surface area contributed by atoms with Gasteiger partial charge in [0.1, 0.15) is 10.7 Å². The Labute approximate surface area is 110 Å². The van der Waals surface area contributed by atoms with E-state index in [9.17, 15) is 0 Å². The van der Waals surface area contributed by atoms with Crippen molar-refractivity contribution in [2.75, 3.05) is 24.3 Å². The van der Waals surface area contributed by atoms with Gasteiger partial charge in [0, 0.05) is 31.3 Å². The average Bonchev–Trinajstić information content (AvgIpc) is 2.86. The molecule has 0 saturated heterocycles. The van der Waals surface area contributed by atoms with Crippen LogP contribution in [-0.4, -0.2) is 23.7 Å². The molecule has 2 rings (SSSR count). The van der Waals surface area contributed by atoms with E-state index < -0.39 is 0 Å². The zero-order valence-corrected chi connectivity index (χ0v) is 11.0. The number of aromatic nitrogens is 2. The van der Waals surface area contributed by atoms with Gasteiger partial charge < -0.3 is 10.2 Å². The minimum Gasteiger partial charge on any atom is -0.377 e. The molecule has 0 atom stereocenters. The first-order valence-corrected chi connectivity index (χ1v) is 6.22. The summed E-state index contributed by atoms with van der Waals surface area (Å²) in [5.41, 5.74) is 2.56. The van der Waals surface area contributed by atoms with Crippen molar-refractivity contribution in [3.63, 3.8) is 0 Å². The maximum Gasteiger partial charge on any atom is 0.134 e. The number of anilines is 2. The molecular formula is C12H13N5S. The van der Waals surface area contributed by atoms with Crippen LogP contribution in [-0.2, 0) is 6.54 Å². The Hall–Kier alpha value is -2.13. The van der Waals surface area contributed by atoms with E-state index in [1.54, 1.807) is 6.07 Å². The molecule has 0 spiro atoms. The molecule has 0 amide bonds. The molecule has 1 heterocycles. The van der Waals surface area contributed by atoms with Crippen molar-refractivity contribution < 1.29 is 0 Å². The summed E-state index contributed by atoms with van der Waals surface area (Å²) in [4.78, 5) is 2.04. The highest BCUT2D eigenvalue weighted by molar-refractivity contribution is 7.10. The number of rotatable bonds is 4. The second kappa shape index (κ2) is 5.47. The fourth-order valence-corrected chi connectivity index (χ4v) is 2.15. The molecule has 2 aromatic rings. The Balaban J connectivity index is 2.17. The molecule has 0 unspecified atom stereocenters. The Bertz CT molecular complexity index is 572.